The van der Waals surface area contributed by atoms with Gasteiger partial charge in [-0.1, -0.05) is 35.5 Å². The lowest BCUT2D eigenvalue weighted by molar-refractivity contribution is -0.131. The van der Waals surface area contributed by atoms with Crippen LogP contribution in [0.25, 0.3) is 11.7 Å². The van der Waals surface area contributed by atoms with Gasteiger partial charge in [-0.2, -0.15) is 4.98 Å². The first-order valence-corrected chi connectivity index (χ1v) is 7.64. The SMILES string of the molecule is CC1(c2ccccc2)NC(=O)N(Cc2noc(-c3ccco3)n2)C1=O. The Labute approximate surface area is 142 Å². The van der Waals surface area contributed by atoms with Gasteiger partial charge < -0.3 is 14.3 Å². The molecule has 0 bridgehead atoms. The second kappa shape index (κ2) is 5.59. The summed E-state index contributed by atoms with van der Waals surface area (Å²) in [5.74, 6) is 0.461. The Morgan fingerprint density at radius 3 is 2.68 bits per heavy atom. The van der Waals surface area contributed by atoms with Crippen molar-refractivity contribution in [1.82, 2.24) is 20.4 Å². The average molecular weight is 338 g/mol. The molecule has 1 fully saturated rings. The molecule has 8 nitrogen and oxygen atoms in total. The van der Waals surface area contributed by atoms with Gasteiger partial charge in [0.25, 0.3) is 11.8 Å². The van der Waals surface area contributed by atoms with Crippen LogP contribution < -0.4 is 5.32 Å². The number of hydrogen-bond donors (Lipinski definition) is 1. The summed E-state index contributed by atoms with van der Waals surface area (Å²) in [5, 5.41) is 6.54. The lowest BCUT2D eigenvalue weighted by atomic mass is 9.92. The summed E-state index contributed by atoms with van der Waals surface area (Å²) >= 11 is 0. The van der Waals surface area contributed by atoms with E-state index in [0.29, 0.717) is 11.3 Å². The van der Waals surface area contributed by atoms with Gasteiger partial charge in [-0.25, -0.2) is 4.79 Å². The molecule has 2 aromatic heterocycles. The van der Waals surface area contributed by atoms with Gasteiger partial charge in [-0.3, -0.25) is 9.69 Å². The molecule has 1 unspecified atom stereocenters. The number of rotatable bonds is 4. The van der Waals surface area contributed by atoms with E-state index in [4.69, 9.17) is 8.94 Å². The highest BCUT2D eigenvalue weighted by atomic mass is 16.5. The van der Waals surface area contributed by atoms with Crippen LogP contribution in [0.5, 0.6) is 0 Å². The third-order valence-electron chi connectivity index (χ3n) is 4.13. The molecule has 1 atom stereocenters. The van der Waals surface area contributed by atoms with Crippen LogP contribution in [-0.4, -0.2) is 27.0 Å². The third kappa shape index (κ3) is 2.47. The number of urea groups is 1. The van der Waals surface area contributed by atoms with Gasteiger partial charge in [0.2, 0.25) is 0 Å². The molecule has 1 aliphatic rings. The van der Waals surface area contributed by atoms with Crippen LogP contribution in [0.4, 0.5) is 4.79 Å². The number of aromatic nitrogens is 2. The van der Waals surface area contributed by atoms with Gasteiger partial charge in [-0.05, 0) is 24.6 Å². The van der Waals surface area contributed by atoms with Gasteiger partial charge in [-0.15, -0.1) is 0 Å². The van der Waals surface area contributed by atoms with Crippen molar-refractivity contribution in [1.29, 1.82) is 0 Å². The van der Waals surface area contributed by atoms with Crippen LogP contribution in [-0.2, 0) is 16.9 Å². The minimum absolute atomic E-state index is 0.0860. The van der Waals surface area contributed by atoms with E-state index in [2.05, 4.69) is 15.5 Å². The summed E-state index contributed by atoms with van der Waals surface area (Å²) < 4.78 is 10.3. The van der Waals surface area contributed by atoms with Gasteiger partial charge in [0, 0.05) is 0 Å². The van der Waals surface area contributed by atoms with E-state index < -0.39 is 11.6 Å². The third-order valence-corrected chi connectivity index (χ3v) is 4.13. The molecule has 3 heterocycles. The maximum atomic E-state index is 12.8. The van der Waals surface area contributed by atoms with E-state index in [0.717, 1.165) is 4.90 Å². The van der Waals surface area contributed by atoms with Crippen molar-refractivity contribution in [3.8, 4) is 11.7 Å². The second-order valence-electron chi connectivity index (χ2n) is 5.81. The largest absolute Gasteiger partial charge is 0.459 e. The molecule has 4 rings (SSSR count). The van der Waals surface area contributed by atoms with Crippen LogP contribution in [0.2, 0.25) is 0 Å². The number of nitrogens with zero attached hydrogens (tertiary/aromatic N) is 3. The molecule has 0 aliphatic carbocycles. The molecular weight excluding hydrogens is 324 g/mol. The minimum atomic E-state index is -1.12. The molecule has 0 saturated carbocycles. The van der Waals surface area contributed by atoms with Crippen molar-refractivity contribution in [2.75, 3.05) is 0 Å². The topological polar surface area (TPSA) is 101 Å². The smallest absolute Gasteiger partial charge is 0.325 e. The summed E-state index contributed by atoms with van der Waals surface area (Å²) in [6, 6.07) is 12.0. The molecule has 1 aliphatic heterocycles. The van der Waals surface area contributed by atoms with Crippen LogP contribution in [0.1, 0.15) is 18.3 Å². The molecule has 25 heavy (non-hydrogen) atoms. The summed E-state index contributed by atoms with van der Waals surface area (Å²) in [6.07, 6.45) is 1.49. The number of furan rings is 1. The Balaban J connectivity index is 1.57. The van der Waals surface area contributed by atoms with Gasteiger partial charge in [0.1, 0.15) is 5.54 Å². The Morgan fingerprint density at radius 1 is 1.16 bits per heavy atom. The van der Waals surface area contributed by atoms with E-state index in [1.807, 2.05) is 18.2 Å². The zero-order chi connectivity index (χ0) is 17.4. The predicted octanol–water partition coefficient (Wildman–Crippen LogP) is 2.30. The molecule has 8 heteroatoms. The monoisotopic (exact) mass is 338 g/mol. The molecule has 0 spiro atoms. The maximum Gasteiger partial charge on any atom is 0.325 e. The number of benzene rings is 1. The zero-order valence-corrected chi connectivity index (χ0v) is 13.3. The molecule has 1 saturated heterocycles. The highest BCUT2D eigenvalue weighted by Crippen LogP contribution is 2.29. The van der Waals surface area contributed by atoms with Crippen LogP contribution in [0.15, 0.2) is 57.7 Å². The fourth-order valence-electron chi connectivity index (χ4n) is 2.77. The van der Waals surface area contributed by atoms with E-state index in [1.165, 1.54) is 6.26 Å². The van der Waals surface area contributed by atoms with Gasteiger partial charge in [0.05, 0.1) is 12.8 Å². The van der Waals surface area contributed by atoms with Crippen molar-refractivity contribution in [3.05, 3.63) is 60.1 Å². The van der Waals surface area contributed by atoms with E-state index in [1.54, 1.807) is 31.2 Å². The number of hydrogen-bond acceptors (Lipinski definition) is 6. The van der Waals surface area contributed by atoms with Crippen molar-refractivity contribution in [3.63, 3.8) is 0 Å². The molecule has 3 amide bonds. The second-order valence-corrected chi connectivity index (χ2v) is 5.81. The first kappa shape index (κ1) is 15.1. The summed E-state index contributed by atoms with van der Waals surface area (Å²) in [5.41, 5.74) is -0.411. The van der Waals surface area contributed by atoms with Crippen LogP contribution in [0.3, 0.4) is 0 Å². The van der Waals surface area contributed by atoms with Gasteiger partial charge >= 0.3 is 6.03 Å². The first-order valence-electron chi connectivity index (χ1n) is 7.64. The van der Waals surface area contributed by atoms with E-state index >= 15 is 0 Å². The van der Waals surface area contributed by atoms with Gasteiger partial charge in [0.15, 0.2) is 11.6 Å². The number of carbonyl (C=O) groups is 2. The summed E-state index contributed by atoms with van der Waals surface area (Å²) in [7, 11) is 0. The van der Waals surface area contributed by atoms with Crippen molar-refractivity contribution >= 4 is 11.9 Å². The maximum absolute atomic E-state index is 12.8. The predicted molar refractivity (Wildman–Crippen MR) is 84.9 cm³/mol. The van der Waals surface area contributed by atoms with Crippen molar-refractivity contribution in [2.24, 2.45) is 0 Å². The number of amides is 3. The Morgan fingerprint density at radius 2 is 1.96 bits per heavy atom. The number of carbonyl (C=O) groups excluding carboxylic acids is 2. The highest BCUT2D eigenvalue weighted by molar-refractivity contribution is 6.07. The Kier molecular flexibility index (Phi) is 3.38. The molecule has 1 aromatic carbocycles. The van der Waals surface area contributed by atoms with E-state index in [9.17, 15) is 9.59 Å². The lowest BCUT2D eigenvalue weighted by Crippen LogP contribution is -2.40. The molecule has 3 aromatic rings. The van der Waals surface area contributed by atoms with Crippen LogP contribution >= 0.6 is 0 Å². The normalized spacial score (nSPS) is 20.1. The fourth-order valence-corrected chi connectivity index (χ4v) is 2.77. The Bertz CT molecular complexity index is 919. The average Bonchev–Trinajstić information content (AvgIpc) is 3.34. The molecule has 126 valence electrons. The van der Waals surface area contributed by atoms with Crippen molar-refractivity contribution < 1.29 is 18.5 Å². The zero-order valence-electron chi connectivity index (χ0n) is 13.3. The molecule has 0 radical (unpaired) electrons. The summed E-state index contributed by atoms with van der Waals surface area (Å²) in [6.45, 7) is 1.59. The number of nitrogens with one attached hydrogen (secondary N) is 1. The van der Waals surface area contributed by atoms with Crippen LogP contribution in [0, 0.1) is 0 Å². The molecular formula is C17H14N4O4. The lowest BCUT2D eigenvalue weighted by Gasteiger charge is -2.21. The quantitative estimate of drug-likeness (QED) is 0.732. The number of imide groups is 1. The standard InChI is InChI=1S/C17H14N4O4/c1-17(11-6-3-2-4-7-11)15(22)21(16(23)19-17)10-13-18-14(25-20-13)12-8-5-9-24-12/h2-9H,10H2,1H3,(H,19,23). The highest BCUT2D eigenvalue weighted by Gasteiger charge is 2.49. The summed E-state index contributed by atoms with van der Waals surface area (Å²) in [4.78, 5) is 30.4. The fraction of sp³-hybridized carbons (Fsp3) is 0.176. The first-order chi connectivity index (χ1) is 12.1. The van der Waals surface area contributed by atoms with E-state index in [-0.39, 0.29) is 24.2 Å². The van der Waals surface area contributed by atoms with Crippen molar-refractivity contribution in [2.45, 2.75) is 19.0 Å². The minimum Gasteiger partial charge on any atom is -0.459 e. The Hall–Kier alpha value is -3.42. The molecule has 1 N–H and O–H groups in total.